The molecule has 7 rings (SSSR count). The fourth-order valence-corrected chi connectivity index (χ4v) is 4.71. The van der Waals surface area contributed by atoms with Gasteiger partial charge in [0.05, 0.1) is 0 Å². The van der Waals surface area contributed by atoms with Gasteiger partial charge in [0.25, 0.3) is 0 Å². The Labute approximate surface area is 276 Å². The summed E-state index contributed by atoms with van der Waals surface area (Å²) in [5.74, 6) is 0. The van der Waals surface area contributed by atoms with Gasteiger partial charge in [0, 0.05) is 35.2 Å². The van der Waals surface area contributed by atoms with E-state index >= 15 is 0 Å². The maximum Gasteiger partial charge on any atom is 0.0349 e. The van der Waals surface area contributed by atoms with Crippen molar-refractivity contribution in [3.05, 3.63) is 193 Å². The van der Waals surface area contributed by atoms with Crippen LogP contribution in [0, 0.1) is 12.1 Å². The Balaban J connectivity index is 0.000000191. The molecule has 0 saturated heterocycles. The van der Waals surface area contributed by atoms with Gasteiger partial charge < -0.3 is 9.97 Å². The second-order valence-electron chi connectivity index (χ2n) is 9.85. The molecular formula is C41H30IrN2-2. The van der Waals surface area contributed by atoms with Crippen LogP contribution in [-0.4, -0.2) is 9.97 Å². The zero-order valence-corrected chi connectivity index (χ0v) is 26.3. The van der Waals surface area contributed by atoms with Crippen LogP contribution in [0.4, 0.5) is 0 Å². The molecule has 1 radical (unpaired) electrons. The van der Waals surface area contributed by atoms with Gasteiger partial charge in [-0.05, 0) is 52.1 Å². The minimum atomic E-state index is -1.58. The van der Waals surface area contributed by atoms with Gasteiger partial charge >= 0.3 is 0 Å². The van der Waals surface area contributed by atoms with Crippen LogP contribution < -0.4 is 0 Å². The maximum absolute atomic E-state index is 8.58. The van der Waals surface area contributed by atoms with E-state index in [1.54, 1.807) is 24.5 Å². The first-order chi connectivity index (χ1) is 22.1. The van der Waals surface area contributed by atoms with Crippen molar-refractivity contribution < 1.29 is 22.8 Å². The fourth-order valence-electron chi connectivity index (χ4n) is 4.71. The third-order valence-corrected chi connectivity index (χ3v) is 6.86. The molecule has 2 heterocycles. The van der Waals surface area contributed by atoms with Crippen LogP contribution in [-0.2, 0) is 26.5 Å². The smallest absolute Gasteiger partial charge is 0.0349 e. The van der Waals surface area contributed by atoms with E-state index in [0.717, 1.165) is 33.6 Å². The Hall–Kier alpha value is -4.95. The summed E-state index contributed by atoms with van der Waals surface area (Å²) in [4.78, 5) is 8.83. The molecule has 44 heavy (non-hydrogen) atoms. The van der Waals surface area contributed by atoms with Gasteiger partial charge in [-0.3, -0.25) is 0 Å². The van der Waals surface area contributed by atoms with E-state index in [2.05, 4.69) is 58.5 Å². The molecule has 2 nitrogen and oxygen atoms in total. The van der Waals surface area contributed by atoms with Crippen LogP contribution in [0.1, 0.15) is 13.9 Å². The summed E-state index contributed by atoms with van der Waals surface area (Å²) in [7, 11) is 0. The van der Waals surface area contributed by atoms with Gasteiger partial charge in [0.1, 0.15) is 0 Å². The van der Waals surface area contributed by atoms with E-state index in [0.29, 0.717) is 11.1 Å². The standard InChI is InChI=1S/C24H18N.C17H12N.Ir/c1-3-8-19(9-4-1)16-20-10-7-13-23(17-20)24-18-22(14-15-25-24)21-11-5-2-6-12-21;1-2-7-14(8-3-1)15-9-6-10-16(13-15)17-11-4-5-12-18-17;/h1-12,14-15,17-18H,16H2;1-9,11-13H;/q2*-1;/i16D2;;. The molecule has 0 N–H and O–H groups in total. The number of benzene rings is 5. The summed E-state index contributed by atoms with van der Waals surface area (Å²) < 4.78 is 17.2. The minimum absolute atomic E-state index is 0. The SMILES string of the molecule is [2H]C([2H])(c1ccccc1)c1cc[c-]c(-c2cc(-c3ccccc3)ccn2)c1.[Ir].[c-]1ccc(-c2ccccc2)cc1-c1ccccn1. The normalized spacial score (nSPS) is 11.2. The van der Waals surface area contributed by atoms with Gasteiger partial charge in [-0.1, -0.05) is 109 Å². The molecule has 0 spiro atoms. The van der Waals surface area contributed by atoms with Crippen molar-refractivity contribution >= 4 is 0 Å². The average molecular weight is 745 g/mol. The molecule has 7 aromatic rings. The number of aromatic nitrogens is 2. The molecular weight excluding hydrogens is 713 g/mol. The third-order valence-electron chi connectivity index (χ3n) is 6.86. The second kappa shape index (κ2) is 15.5. The van der Waals surface area contributed by atoms with Crippen molar-refractivity contribution in [3.8, 4) is 44.8 Å². The Morgan fingerprint density at radius 1 is 0.455 bits per heavy atom. The predicted molar refractivity (Wildman–Crippen MR) is 177 cm³/mol. The topological polar surface area (TPSA) is 25.8 Å². The van der Waals surface area contributed by atoms with E-state index < -0.39 is 6.37 Å². The van der Waals surface area contributed by atoms with Crippen molar-refractivity contribution in [3.63, 3.8) is 0 Å². The predicted octanol–water partition coefficient (Wildman–Crippen LogP) is 10.0. The van der Waals surface area contributed by atoms with Crippen molar-refractivity contribution in [2.24, 2.45) is 0 Å². The van der Waals surface area contributed by atoms with Crippen molar-refractivity contribution in [2.45, 2.75) is 6.37 Å². The van der Waals surface area contributed by atoms with E-state index in [9.17, 15) is 0 Å². The molecule has 0 aliphatic carbocycles. The summed E-state index contributed by atoms with van der Waals surface area (Å²) in [5.41, 5.74) is 9.36. The molecule has 3 heteroatoms. The monoisotopic (exact) mass is 745 g/mol. The summed E-state index contributed by atoms with van der Waals surface area (Å²) in [5, 5.41) is 0. The summed E-state index contributed by atoms with van der Waals surface area (Å²) >= 11 is 0. The molecule has 0 amide bonds. The van der Waals surface area contributed by atoms with Crippen LogP contribution in [0.3, 0.4) is 0 Å². The van der Waals surface area contributed by atoms with Gasteiger partial charge in [0.2, 0.25) is 0 Å². The number of nitrogens with zero attached hydrogens (tertiary/aromatic N) is 2. The maximum atomic E-state index is 8.58. The zero-order chi connectivity index (χ0) is 30.9. The first kappa shape index (κ1) is 27.9. The molecule has 0 unspecified atom stereocenters. The molecule has 0 saturated carbocycles. The largest absolute Gasteiger partial charge is 0.305 e. The van der Waals surface area contributed by atoms with E-state index in [1.807, 2.05) is 109 Å². The molecule has 0 atom stereocenters. The van der Waals surface area contributed by atoms with Gasteiger partial charge in [-0.2, -0.15) is 0 Å². The first-order valence-electron chi connectivity index (χ1n) is 15.2. The minimum Gasteiger partial charge on any atom is -0.305 e. The van der Waals surface area contributed by atoms with E-state index in [1.165, 1.54) is 11.1 Å². The number of hydrogen-bond acceptors (Lipinski definition) is 2. The molecule has 0 fully saturated rings. The van der Waals surface area contributed by atoms with Gasteiger partial charge in [-0.15, -0.1) is 70.8 Å². The average Bonchev–Trinajstić information content (AvgIpc) is 3.13. The van der Waals surface area contributed by atoms with Gasteiger partial charge in [0.15, 0.2) is 0 Å². The molecule has 215 valence electrons. The summed E-state index contributed by atoms with van der Waals surface area (Å²) in [6, 6.07) is 57.6. The van der Waals surface area contributed by atoms with Gasteiger partial charge in [-0.25, -0.2) is 0 Å². The van der Waals surface area contributed by atoms with Crippen molar-refractivity contribution in [1.29, 1.82) is 0 Å². The molecule has 0 aliphatic heterocycles. The van der Waals surface area contributed by atoms with Crippen LogP contribution in [0.25, 0.3) is 44.8 Å². The fraction of sp³-hybridized carbons (Fsp3) is 0.0244. The summed E-state index contributed by atoms with van der Waals surface area (Å²) in [6.07, 6.45) is 2.00. The van der Waals surface area contributed by atoms with E-state index in [-0.39, 0.29) is 20.1 Å². The Morgan fingerprint density at radius 3 is 1.68 bits per heavy atom. The molecule has 2 aromatic heterocycles. The number of rotatable bonds is 6. The Morgan fingerprint density at radius 2 is 1.02 bits per heavy atom. The molecule has 0 aliphatic rings. The number of pyridine rings is 2. The second-order valence-corrected chi connectivity index (χ2v) is 9.85. The zero-order valence-electron chi connectivity index (χ0n) is 25.9. The third kappa shape index (κ3) is 8.11. The van der Waals surface area contributed by atoms with E-state index in [4.69, 9.17) is 2.74 Å². The first-order valence-corrected chi connectivity index (χ1v) is 14.2. The van der Waals surface area contributed by atoms with Crippen LogP contribution >= 0.6 is 0 Å². The summed E-state index contributed by atoms with van der Waals surface area (Å²) in [6.45, 7) is 0. The molecule has 0 bridgehead atoms. The quantitative estimate of drug-likeness (QED) is 0.159. The van der Waals surface area contributed by atoms with Crippen LogP contribution in [0.15, 0.2) is 170 Å². The number of hydrogen-bond donors (Lipinski definition) is 0. The van der Waals surface area contributed by atoms with Crippen molar-refractivity contribution in [1.82, 2.24) is 9.97 Å². The van der Waals surface area contributed by atoms with Crippen molar-refractivity contribution in [2.75, 3.05) is 0 Å². The van der Waals surface area contributed by atoms with Crippen LogP contribution in [0.5, 0.6) is 0 Å². The Bertz CT molecular complexity index is 1910. The van der Waals surface area contributed by atoms with Crippen LogP contribution in [0.2, 0.25) is 0 Å². The molecule has 5 aromatic carbocycles. The Kier molecular flexibility index (Phi) is 9.81.